The van der Waals surface area contributed by atoms with Gasteiger partial charge in [0.25, 0.3) is 0 Å². The van der Waals surface area contributed by atoms with Gasteiger partial charge in [-0.25, -0.2) is 4.68 Å². The van der Waals surface area contributed by atoms with E-state index in [1.54, 1.807) is 48.5 Å². The Hall–Kier alpha value is -2.64. The molecule has 3 aromatic rings. The lowest BCUT2D eigenvalue weighted by Gasteiger charge is -2.04. The number of carbonyl (C=O) groups excluding carboxylic acids is 1. The number of nitrogens with zero attached hydrogens (tertiary/aromatic N) is 3. The van der Waals surface area contributed by atoms with Crippen molar-refractivity contribution in [2.45, 2.75) is 5.16 Å². The number of aliphatic carboxylic acids is 1. The van der Waals surface area contributed by atoms with Crippen LogP contribution in [-0.4, -0.2) is 37.4 Å². The third-order valence-corrected chi connectivity index (χ3v) is 4.38. The molecule has 0 unspecified atom stereocenters. The van der Waals surface area contributed by atoms with Crippen LogP contribution < -0.4 is 0 Å². The number of benzene rings is 2. The van der Waals surface area contributed by atoms with Gasteiger partial charge in [0.2, 0.25) is 11.6 Å². The molecule has 0 radical (unpaired) electrons. The summed E-state index contributed by atoms with van der Waals surface area (Å²) in [5.41, 5.74) is 1.10. The molecular formula is C17H12ClN3O3S. The Morgan fingerprint density at radius 3 is 2.40 bits per heavy atom. The first-order valence-electron chi connectivity index (χ1n) is 7.22. The van der Waals surface area contributed by atoms with E-state index in [0.717, 1.165) is 11.8 Å². The summed E-state index contributed by atoms with van der Waals surface area (Å²) < 4.78 is 1.44. The average Bonchev–Trinajstić information content (AvgIpc) is 3.05. The Labute approximate surface area is 152 Å². The van der Waals surface area contributed by atoms with E-state index in [2.05, 4.69) is 10.1 Å². The van der Waals surface area contributed by atoms with Gasteiger partial charge in [-0.2, -0.15) is 4.98 Å². The summed E-state index contributed by atoms with van der Waals surface area (Å²) in [6.07, 6.45) is 0. The zero-order valence-electron chi connectivity index (χ0n) is 12.8. The highest BCUT2D eigenvalue weighted by Gasteiger charge is 2.19. The zero-order valence-corrected chi connectivity index (χ0v) is 14.4. The van der Waals surface area contributed by atoms with Crippen molar-refractivity contribution in [3.8, 4) is 5.69 Å². The molecule has 25 heavy (non-hydrogen) atoms. The van der Waals surface area contributed by atoms with Gasteiger partial charge >= 0.3 is 5.97 Å². The van der Waals surface area contributed by atoms with Crippen LogP contribution in [0.25, 0.3) is 5.69 Å². The predicted molar refractivity (Wildman–Crippen MR) is 94.6 cm³/mol. The standard InChI is InChI=1S/C17H12ClN3O3S/c18-12-6-8-13(9-7-12)21-17(25-10-14(22)23)19-16(20-21)15(24)11-4-2-1-3-5-11/h1-9H,10H2,(H,22,23). The molecule has 6 nitrogen and oxygen atoms in total. The maximum Gasteiger partial charge on any atom is 0.313 e. The first kappa shape index (κ1) is 17.2. The first-order valence-corrected chi connectivity index (χ1v) is 8.58. The van der Waals surface area contributed by atoms with Gasteiger partial charge < -0.3 is 5.11 Å². The smallest absolute Gasteiger partial charge is 0.313 e. The van der Waals surface area contributed by atoms with Gasteiger partial charge in [0.1, 0.15) is 0 Å². The van der Waals surface area contributed by atoms with Gasteiger partial charge in [-0.3, -0.25) is 9.59 Å². The number of ketones is 1. The molecule has 0 aliphatic heterocycles. The highest BCUT2D eigenvalue weighted by atomic mass is 35.5. The molecule has 0 amide bonds. The van der Waals surface area contributed by atoms with Crippen LogP contribution in [0.4, 0.5) is 0 Å². The molecule has 0 fully saturated rings. The molecule has 0 atom stereocenters. The fourth-order valence-corrected chi connectivity index (χ4v) is 2.88. The van der Waals surface area contributed by atoms with E-state index in [0.29, 0.717) is 21.4 Å². The molecule has 8 heteroatoms. The SMILES string of the molecule is O=C(O)CSc1nc(C(=O)c2ccccc2)nn1-c1ccc(Cl)cc1. The van der Waals surface area contributed by atoms with Gasteiger partial charge in [-0.1, -0.05) is 53.7 Å². The molecule has 0 saturated heterocycles. The van der Waals surface area contributed by atoms with E-state index in [1.807, 2.05) is 6.07 Å². The Morgan fingerprint density at radius 2 is 1.76 bits per heavy atom. The first-order chi connectivity index (χ1) is 12.0. The number of thioether (sulfide) groups is 1. The zero-order chi connectivity index (χ0) is 17.8. The maximum atomic E-state index is 12.6. The van der Waals surface area contributed by atoms with E-state index in [1.165, 1.54) is 4.68 Å². The topological polar surface area (TPSA) is 85.1 Å². The molecule has 1 aromatic heterocycles. The fraction of sp³-hybridized carbons (Fsp3) is 0.0588. The van der Waals surface area contributed by atoms with Crippen LogP contribution in [0.15, 0.2) is 59.8 Å². The largest absolute Gasteiger partial charge is 0.481 e. The maximum absolute atomic E-state index is 12.6. The Morgan fingerprint density at radius 1 is 1.08 bits per heavy atom. The summed E-state index contributed by atoms with van der Waals surface area (Å²) in [4.78, 5) is 27.6. The molecule has 126 valence electrons. The Balaban J connectivity index is 2.00. The average molecular weight is 374 g/mol. The summed E-state index contributed by atoms with van der Waals surface area (Å²) in [5, 5.41) is 14.1. The molecule has 2 aromatic carbocycles. The minimum atomic E-state index is -0.980. The number of hydrogen-bond acceptors (Lipinski definition) is 5. The molecule has 0 saturated carbocycles. The third kappa shape index (κ3) is 4.07. The second-order valence-electron chi connectivity index (χ2n) is 4.98. The summed E-state index contributed by atoms with van der Waals surface area (Å²) in [7, 11) is 0. The van der Waals surface area contributed by atoms with Crippen molar-refractivity contribution >= 4 is 35.1 Å². The lowest BCUT2D eigenvalue weighted by Crippen LogP contribution is -2.05. The van der Waals surface area contributed by atoms with Gasteiger partial charge in [-0.15, -0.1) is 5.10 Å². The lowest BCUT2D eigenvalue weighted by atomic mass is 10.1. The van der Waals surface area contributed by atoms with Gasteiger partial charge in [0, 0.05) is 10.6 Å². The minimum Gasteiger partial charge on any atom is -0.481 e. The number of carbonyl (C=O) groups is 2. The highest BCUT2D eigenvalue weighted by molar-refractivity contribution is 7.99. The van der Waals surface area contributed by atoms with E-state index >= 15 is 0 Å². The van der Waals surface area contributed by atoms with E-state index < -0.39 is 5.97 Å². The number of carboxylic acids is 1. The van der Waals surface area contributed by atoms with Crippen LogP contribution >= 0.6 is 23.4 Å². The second-order valence-corrected chi connectivity index (χ2v) is 6.36. The lowest BCUT2D eigenvalue weighted by molar-refractivity contribution is -0.133. The normalized spacial score (nSPS) is 10.6. The fourth-order valence-electron chi connectivity index (χ4n) is 2.08. The number of aromatic nitrogens is 3. The molecule has 1 N–H and O–H groups in total. The predicted octanol–water partition coefficient (Wildman–Crippen LogP) is 3.33. The van der Waals surface area contributed by atoms with Crippen molar-refractivity contribution in [2.24, 2.45) is 0 Å². The van der Waals surface area contributed by atoms with Gasteiger partial charge in [-0.05, 0) is 24.3 Å². The molecular weight excluding hydrogens is 362 g/mol. The summed E-state index contributed by atoms with van der Waals surface area (Å²) in [6, 6.07) is 15.5. The number of rotatable bonds is 6. The van der Waals surface area contributed by atoms with Crippen LogP contribution in [0.3, 0.4) is 0 Å². The summed E-state index contributed by atoms with van der Waals surface area (Å²) >= 11 is 6.89. The summed E-state index contributed by atoms with van der Waals surface area (Å²) in [5.74, 6) is -1.49. The van der Waals surface area contributed by atoms with Crippen molar-refractivity contribution in [2.75, 3.05) is 5.75 Å². The van der Waals surface area contributed by atoms with Crippen molar-refractivity contribution in [3.05, 3.63) is 71.0 Å². The molecule has 0 bridgehead atoms. The third-order valence-electron chi connectivity index (χ3n) is 3.21. The van der Waals surface area contributed by atoms with Crippen molar-refractivity contribution < 1.29 is 14.7 Å². The molecule has 1 heterocycles. The van der Waals surface area contributed by atoms with Crippen molar-refractivity contribution in [3.63, 3.8) is 0 Å². The number of carboxylic acid groups (broad SMARTS) is 1. The number of halogens is 1. The monoisotopic (exact) mass is 373 g/mol. The number of hydrogen-bond donors (Lipinski definition) is 1. The Bertz CT molecular complexity index is 911. The molecule has 3 rings (SSSR count). The van der Waals surface area contributed by atoms with Crippen LogP contribution in [0.2, 0.25) is 5.02 Å². The van der Waals surface area contributed by atoms with Crippen LogP contribution in [-0.2, 0) is 4.79 Å². The van der Waals surface area contributed by atoms with Crippen molar-refractivity contribution in [1.82, 2.24) is 14.8 Å². The van der Waals surface area contributed by atoms with Crippen molar-refractivity contribution in [1.29, 1.82) is 0 Å². The van der Waals surface area contributed by atoms with E-state index in [4.69, 9.17) is 16.7 Å². The van der Waals surface area contributed by atoms with Crippen LogP contribution in [0.5, 0.6) is 0 Å². The Kier molecular flexibility index (Phi) is 5.16. The molecule has 0 aliphatic rings. The van der Waals surface area contributed by atoms with Crippen LogP contribution in [0, 0.1) is 0 Å². The van der Waals surface area contributed by atoms with Crippen LogP contribution in [0.1, 0.15) is 16.2 Å². The molecule has 0 aliphatic carbocycles. The highest BCUT2D eigenvalue weighted by Crippen LogP contribution is 2.22. The van der Waals surface area contributed by atoms with E-state index in [9.17, 15) is 9.59 Å². The minimum absolute atomic E-state index is 0.00837. The van der Waals surface area contributed by atoms with Gasteiger partial charge in [0.05, 0.1) is 11.4 Å². The quantitative estimate of drug-likeness (QED) is 0.527. The molecule has 0 spiro atoms. The van der Waals surface area contributed by atoms with Gasteiger partial charge in [0.15, 0.2) is 5.16 Å². The van der Waals surface area contributed by atoms with E-state index in [-0.39, 0.29) is 17.4 Å². The second kappa shape index (κ2) is 7.50. The summed E-state index contributed by atoms with van der Waals surface area (Å²) in [6.45, 7) is 0.